The third-order valence-electron chi connectivity index (χ3n) is 3.83. The fourth-order valence-corrected chi connectivity index (χ4v) is 2.42. The van der Waals surface area contributed by atoms with E-state index < -0.39 is 17.6 Å². The largest absolute Gasteiger partial charge is 0.486 e. The van der Waals surface area contributed by atoms with Crippen LogP contribution in [0.3, 0.4) is 0 Å². The number of ether oxygens (including phenoxy) is 2. The van der Waals surface area contributed by atoms with Crippen LogP contribution in [0.5, 0.6) is 11.5 Å². The lowest BCUT2D eigenvalue weighted by Gasteiger charge is -2.31. The first-order valence-electron chi connectivity index (χ1n) is 8.37. The smallest absolute Gasteiger partial charge is 0.321 e. The van der Waals surface area contributed by atoms with Crippen molar-refractivity contribution in [2.24, 2.45) is 0 Å². The number of urea groups is 1. The fourth-order valence-electron chi connectivity index (χ4n) is 2.42. The summed E-state index contributed by atoms with van der Waals surface area (Å²) in [6, 6.07) is 6.52. The van der Waals surface area contributed by atoms with Crippen LogP contribution in [-0.2, 0) is 4.79 Å². The van der Waals surface area contributed by atoms with Crippen molar-refractivity contribution in [2.75, 3.05) is 20.2 Å². The van der Waals surface area contributed by atoms with Crippen molar-refractivity contribution in [1.29, 1.82) is 0 Å². The number of carbonyl (C=O) groups excluding carboxylic acids is 2. The molecule has 0 bridgehead atoms. The van der Waals surface area contributed by atoms with Crippen LogP contribution in [0.4, 0.5) is 4.79 Å². The molecule has 1 heterocycles. The SMILES string of the molecule is C[C@H](C(=O)NC(=O)NC(C)(C)C)N(C)C[C@@H]1COc2ccccc2O1. The molecule has 0 radical (unpaired) electrons. The first-order chi connectivity index (χ1) is 11.7. The zero-order valence-electron chi connectivity index (χ0n) is 15.5. The zero-order valence-corrected chi connectivity index (χ0v) is 15.5. The van der Waals surface area contributed by atoms with Crippen molar-refractivity contribution in [2.45, 2.75) is 45.4 Å². The Labute approximate surface area is 148 Å². The molecule has 0 unspecified atom stereocenters. The average Bonchev–Trinajstić information content (AvgIpc) is 2.52. The second-order valence-electron chi connectivity index (χ2n) is 7.31. The van der Waals surface area contributed by atoms with Crippen molar-refractivity contribution in [3.63, 3.8) is 0 Å². The number of hydrogen-bond acceptors (Lipinski definition) is 5. The van der Waals surface area contributed by atoms with Gasteiger partial charge in [-0.15, -0.1) is 0 Å². The molecule has 3 amide bonds. The highest BCUT2D eigenvalue weighted by Gasteiger charge is 2.27. The number of fused-ring (bicyclic) bond motifs is 1. The first kappa shape index (κ1) is 19.1. The number of rotatable bonds is 4. The lowest BCUT2D eigenvalue weighted by atomic mass is 10.1. The van der Waals surface area contributed by atoms with Gasteiger partial charge in [0.1, 0.15) is 12.7 Å². The molecule has 25 heavy (non-hydrogen) atoms. The summed E-state index contributed by atoms with van der Waals surface area (Å²) in [7, 11) is 1.82. The average molecular weight is 349 g/mol. The lowest BCUT2D eigenvalue weighted by molar-refractivity contribution is -0.124. The minimum Gasteiger partial charge on any atom is -0.486 e. The molecule has 1 aliphatic rings. The second kappa shape index (κ2) is 7.74. The maximum Gasteiger partial charge on any atom is 0.321 e. The molecule has 0 aromatic heterocycles. The van der Waals surface area contributed by atoms with Crippen molar-refractivity contribution >= 4 is 11.9 Å². The maximum atomic E-state index is 12.2. The number of hydrogen-bond donors (Lipinski definition) is 2. The van der Waals surface area contributed by atoms with Crippen molar-refractivity contribution in [1.82, 2.24) is 15.5 Å². The van der Waals surface area contributed by atoms with E-state index in [1.807, 2.05) is 57.0 Å². The van der Waals surface area contributed by atoms with Crippen LogP contribution in [-0.4, -0.2) is 54.7 Å². The molecule has 0 aliphatic carbocycles. The maximum absolute atomic E-state index is 12.2. The van der Waals surface area contributed by atoms with Gasteiger partial charge >= 0.3 is 6.03 Å². The number of nitrogens with one attached hydrogen (secondary N) is 2. The van der Waals surface area contributed by atoms with E-state index in [1.54, 1.807) is 6.92 Å². The number of imide groups is 1. The molecule has 138 valence electrons. The van der Waals surface area contributed by atoms with Crippen molar-refractivity contribution in [3.05, 3.63) is 24.3 Å². The van der Waals surface area contributed by atoms with Gasteiger partial charge in [-0.05, 0) is 46.9 Å². The molecule has 7 nitrogen and oxygen atoms in total. The fraction of sp³-hybridized carbons (Fsp3) is 0.556. The molecule has 7 heteroatoms. The van der Waals surface area contributed by atoms with Gasteiger partial charge in [0.15, 0.2) is 11.5 Å². The minimum atomic E-state index is -0.496. The number of benzene rings is 1. The number of nitrogens with zero attached hydrogens (tertiary/aromatic N) is 1. The predicted molar refractivity (Wildman–Crippen MR) is 94.9 cm³/mol. The molecule has 2 N–H and O–H groups in total. The van der Waals surface area contributed by atoms with E-state index in [-0.39, 0.29) is 12.0 Å². The molecule has 0 saturated carbocycles. The monoisotopic (exact) mass is 349 g/mol. The Morgan fingerprint density at radius 2 is 1.92 bits per heavy atom. The molecule has 2 atom stereocenters. The third-order valence-corrected chi connectivity index (χ3v) is 3.83. The first-order valence-corrected chi connectivity index (χ1v) is 8.37. The van der Waals surface area contributed by atoms with Crippen LogP contribution in [0.2, 0.25) is 0 Å². The van der Waals surface area contributed by atoms with E-state index in [4.69, 9.17) is 9.47 Å². The summed E-state index contributed by atoms with van der Waals surface area (Å²) in [4.78, 5) is 25.9. The van der Waals surface area contributed by atoms with E-state index in [2.05, 4.69) is 10.6 Å². The highest BCUT2D eigenvalue weighted by Crippen LogP contribution is 2.31. The molecule has 1 aromatic rings. The Balaban J connectivity index is 1.85. The van der Waals surface area contributed by atoms with Crippen LogP contribution < -0.4 is 20.1 Å². The Morgan fingerprint density at radius 3 is 2.56 bits per heavy atom. The third kappa shape index (κ3) is 5.63. The highest BCUT2D eigenvalue weighted by atomic mass is 16.6. The van der Waals surface area contributed by atoms with Crippen molar-refractivity contribution in [3.8, 4) is 11.5 Å². The normalized spacial score (nSPS) is 17.8. The van der Waals surface area contributed by atoms with E-state index in [9.17, 15) is 9.59 Å². The predicted octanol–water partition coefficient (Wildman–Crippen LogP) is 1.77. The summed E-state index contributed by atoms with van der Waals surface area (Å²) in [6.45, 7) is 8.22. The Hall–Kier alpha value is -2.28. The quantitative estimate of drug-likeness (QED) is 0.866. The van der Waals surface area contributed by atoms with Crippen LogP contribution in [0, 0.1) is 0 Å². The summed E-state index contributed by atoms with van der Waals surface area (Å²) in [5.74, 6) is 1.07. The summed E-state index contributed by atoms with van der Waals surface area (Å²) in [5.41, 5.74) is -0.403. The van der Waals surface area contributed by atoms with Gasteiger partial charge in [-0.25, -0.2) is 4.79 Å². The Morgan fingerprint density at radius 1 is 1.28 bits per heavy atom. The van der Waals surface area contributed by atoms with Gasteiger partial charge in [0, 0.05) is 12.1 Å². The summed E-state index contributed by atoms with van der Waals surface area (Å²) >= 11 is 0. The molecule has 0 spiro atoms. The number of likely N-dealkylation sites (N-methyl/N-ethyl adjacent to an activating group) is 1. The number of carbonyl (C=O) groups is 2. The van der Waals surface area contributed by atoms with Gasteiger partial charge in [0.05, 0.1) is 6.04 Å². The molecule has 1 aliphatic heterocycles. The van der Waals surface area contributed by atoms with Gasteiger partial charge in [0.25, 0.3) is 0 Å². The van der Waals surface area contributed by atoms with Crippen LogP contribution in [0.25, 0.3) is 0 Å². The van der Waals surface area contributed by atoms with E-state index in [1.165, 1.54) is 0 Å². The zero-order chi connectivity index (χ0) is 18.6. The Bertz CT molecular complexity index is 627. The Kier molecular flexibility index (Phi) is 5.89. The van der Waals surface area contributed by atoms with Crippen LogP contribution in [0.15, 0.2) is 24.3 Å². The van der Waals surface area contributed by atoms with E-state index >= 15 is 0 Å². The van der Waals surface area contributed by atoms with Crippen LogP contribution in [0.1, 0.15) is 27.7 Å². The molecule has 2 rings (SSSR count). The van der Waals surface area contributed by atoms with Gasteiger partial charge in [-0.1, -0.05) is 12.1 Å². The molecule has 0 saturated heterocycles. The van der Waals surface area contributed by atoms with Gasteiger partial charge < -0.3 is 14.8 Å². The summed E-state index contributed by atoms with van der Waals surface area (Å²) in [5, 5.41) is 5.07. The van der Waals surface area contributed by atoms with E-state index in [0.29, 0.717) is 18.9 Å². The second-order valence-corrected chi connectivity index (χ2v) is 7.31. The number of amides is 3. The topological polar surface area (TPSA) is 79.9 Å². The summed E-state index contributed by atoms with van der Waals surface area (Å²) < 4.78 is 11.6. The van der Waals surface area contributed by atoms with Gasteiger partial charge in [-0.2, -0.15) is 0 Å². The highest BCUT2D eigenvalue weighted by molar-refractivity contribution is 5.97. The molecular weight excluding hydrogens is 322 g/mol. The van der Waals surface area contributed by atoms with Gasteiger partial charge in [-0.3, -0.25) is 15.0 Å². The standard InChI is InChI=1S/C18H27N3O4/c1-12(16(22)19-17(23)20-18(2,3)4)21(5)10-13-11-24-14-8-6-7-9-15(14)25-13/h6-9,12-13H,10-11H2,1-5H3,(H2,19,20,22,23)/t12-,13-/m1/s1. The van der Waals surface area contributed by atoms with Crippen molar-refractivity contribution < 1.29 is 19.1 Å². The van der Waals surface area contributed by atoms with Crippen LogP contribution >= 0.6 is 0 Å². The lowest BCUT2D eigenvalue weighted by Crippen LogP contribution is -2.54. The van der Waals surface area contributed by atoms with Gasteiger partial charge in [0.2, 0.25) is 5.91 Å². The number of para-hydroxylation sites is 2. The molecular formula is C18H27N3O4. The minimum absolute atomic E-state index is 0.182. The molecule has 1 aromatic carbocycles. The van der Waals surface area contributed by atoms with E-state index in [0.717, 1.165) is 5.75 Å². The summed E-state index contributed by atoms with van der Waals surface area (Å²) in [6.07, 6.45) is -0.182. The molecule has 0 fully saturated rings.